The predicted molar refractivity (Wildman–Crippen MR) is 117 cm³/mol. The molecule has 1 fully saturated rings. The zero-order valence-electron chi connectivity index (χ0n) is 14.9. The molecule has 1 saturated heterocycles. The van der Waals surface area contributed by atoms with Gasteiger partial charge in [-0.1, -0.05) is 34.1 Å². The van der Waals surface area contributed by atoms with Gasteiger partial charge in [0.15, 0.2) is 0 Å². The number of aliphatic hydroxyl groups excluding tert-OH is 1. The van der Waals surface area contributed by atoms with Crippen molar-refractivity contribution in [2.45, 2.75) is 11.4 Å². The molecule has 2 aromatic rings. The van der Waals surface area contributed by atoms with Gasteiger partial charge in [-0.3, -0.25) is 24.6 Å². The lowest BCUT2D eigenvalue weighted by Crippen LogP contribution is -2.27. The van der Waals surface area contributed by atoms with Gasteiger partial charge in [0.1, 0.15) is 0 Å². The third kappa shape index (κ3) is 5.27. The van der Waals surface area contributed by atoms with Crippen LogP contribution in [0, 0.1) is 10.1 Å². The predicted octanol–water partition coefficient (Wildman–Crippen LogP) is 4.68. The molecule has 0 atom stereocenters. The molecule has 29 heavy (non-hydrogen) atoms. The molecule has 0 radical (unpaired) electrons. The largest absolute Gasteiger partial charge is 0.396 e. The fraction of sp³-hybridized carbons (Fsp3) is 0.158. The Labute approximate surface area is 183 Å². The van der Waals surface area contributed by atoms with Gasteiger partial charge in [0.25, 0.3) is 16.8 Å². The molecule has 1 N–H and O–H groups in total. The topological polar surface area (TPSA) is 101 Å². The monoisotopic (exact) mass is 494 g/mol. The molecular formula is C19H15BrN2O5S2. The number of nitro benzene ring substituents is 1. The molecule has 0 aliphatic carbocycles. The highest BCUT2D eigenvalue weighted by Crippen LogP contribution is 2.35. The minimum Gasteiger partial charge on any atom is -0.396 e. The SMILES string of the molecule is O=C1SC(=Cc2ccc(SCCO)c([N+](=O)[O-])c2)C(=O)N1Cc1ccc(Br)cc1. The first-order valence-corrected chi connectivity index (χ1v) is 11.0. The molecule has 1 aliphatic rings. The molecule has 7 nitrogen and oxygen atoms in total. The van der Waals surface area contributed by atoms with Gasteiger partial charge in [-0.25, -0.2) is 0 Å². The van der Waals surface area contributed by atoms with Crippen molar-refractivity contribution in [2.24, 2.45) is 0 Å². The summed E-state index contributed by atoms with van der Waals surface area (Å²) in [6, 6.07) is 11.9. The number of halogens is 1. The molecule has 2 aromatic carbocycles. The summed E-state index contributed by atoms with van der Waals surface area (Å²) < 4.78 is 0.900. The molecule has 3 rings (SSSR count). The number of rotatable bonds is 7. The van der Waals surface area contributed by atoms with Crippen molar-refractivity contribution in [3.05, 3.63) is 73.1 Å². The lowest BCUT2D eigenvalue weighted by atomic mass is 10.1. The molecule has 10 heteroatoms. The molecule has 0 saturated carbocycles. The lowest BCUT2D eigenvalue weighted by molar-refractivity contribution is -0.387. The molecule has 150 valence electrons. The summed E-state index contributed by atoms with van der Waals surface area (Å²) in [5.74, 6) is -0.0842. The summed E-state index contributed by atoms with van der Waals surface area (Å²) in [6.45, 7) is 0.0707. The van der Waals surface area contributed by atoms with Gasteiger partial charge in [-0.2, -0.15) is 0 Å². The Hall–Kier alpha value is -2.14. The van der Waals surface area contributed by atoms with E-state index >= 15 is 0 Å². The highest BCUT2D eigenvalue weighted by atomic mass is 79.9. The molecule has 0 aromatic heterocycles. The van der Waals surface area contributed by atoms with Gasteiger partial charge in [0.2, 0.25) is 0 Å². The molecule has 2 amide bonds. The smallest absolute Gasteiger partial charge is 0.293 e. The van der Waals surface area contributed by atoms with Crippen LogP contribution < -0.4 is 0 Å². The molecule has 0 unspecified atom stereocenters. The number of amides is 2. The number of carbonyl (C=O) groups excluding carboxylic acids is 2. The van der Waals surface area contributed by atoms with Crippen LogP contribution in [0.25, 0.3) is 6.08 Å². The van der Waals surface area contributed by atoms with E-state index in [4.69, 9.17) is 5.11 Å². The third-order valence-electron chi connectivity index (χ3n) is 3.95. The fourth-order valence-corrected chi connectivity index (χ4v) is 4.46. The number of thioether (sulfide) groups is 2. The zero-order chi connectivity index (χ0) is 21.0. The van der Waals surface area contributed by atoms with Crippen molar-refractivity contribution in [3.63, 3.8) is 0 Å². The van der Waals surface area contributed by atoms with E-state index in [1.807, 2.05) is 24.3 Å². The maximum atomic E-state index is 12.7. The van der Waals surface area contributed by atoms with Crippen molar-refractivity contribution in [1.82, 2.24) is 4.90 Å². The van der Waals surface area contributed by atoms with E-state index in [-0.39, 0.29) is 29.0 Å². The average Bonchev–Trinajstić information content (AvgIpc) is 2.95. The fourth-order valence-electron chi connectivity index (χ4n) is 2.60. The van der Waals surface area contributed by atoms with Crippen LogP contribution >= 0.6 is 39.5 Å². The summed E-state index contributed by atoms with van der Waals surface area (Å²) in [5.41, 5.74) is 1.17. The van der Waals surface area contributed by atoms with Crippen LogP contribution in [0.3, 0.4) is 0 Å². The van der Waals surface area contributed by atoms with Crippen molar-refractivity contribution in [2.75, 3.05) is 12.4 Å². The number of imide groups is 1. The van der Waals surface area contributed by atoms with Crippen LogP contribution in [0.1, 0.15) is 11.1 Å². The lowest BCUT2D eigenvalue weighted by Gasteiger charge is -2.12. The van der Waals surface area contributed by atoms with E-state index < -0.39 is 10.8 Å². The van der Waals surface area contributed by atoms with Gasteiger partial charge in [0.05, 0.1) is 27.9 Å². The summed E-state index contributed by atoms with van der Waals surface area (Å²) in [7, 11) is 0. The molecule has 1 aliphatic heterocycles. The summed E-state index contributed by atoms with van der Waals surface area (Å²) in [5, 5.41) is 19.9. The van der Waals surface area contributed by atoms with E-state index in [0.717, 1.165) is 26.7 Å². The number of nitro groups is 1. The zero-order valence-corrected chi connectivity index (χ0v) is 18.1. The Balaban J connectivity index is 1.82. The summed E-state index contributed by atoms with van der Waals surface area (Å²) in [6.07, 6.45) is 1.49. The normalized spacial score (nSPS) is 15.4. The summed E-state index contributed by atoms with van der Waals surface area (Å²) in [4.78, 5) is 37.6. The van der Waals surface area contributed by atoms with Gasteiger partial charge >= 0.3 is 0 Å². The summed E-state index contributed by atoms with van der Waals surface area (Å²) >= 11 is 5.33. The Kier molecular flexibility index (Phi) is 7.12. The van der Waals surface area contributed by atoms with Gasteiger partial charge in [-0.15, -0.1) is 11.8 Å². The first-order valence-electron chi connectivity index (χ1n) is 8.41. The van der Waals surface area contributed by atoms with Crippen LogP contribution in [-0.4, -0.2) is 38.4 Å². The first kappa shape index (κ1) is 21.6. The molecular weight excluding hydrogens is 480 g/mol. The third-order valence-corrected chi connectivity index (χ3v) is 6.43. The Morgan fingerprint density at radius 2 is 1.93 bits per heavy atom. The number of aliphatic hydroxyl groups is 1. The van der Waals surface area contributed by atoms with Gasteiger partial charge in [0, 0.05) is 16.3 Å². The maximum Gasteiger partial charge on any atom is 0.293 e. The standard InChI is InChI=1S/C19H15BrN2O5S2/c20-14-4-1-12(2-5-14)11-21-18(24)17(29-19(21)25)10-13-3-6-16(28-8-7-23)15(9-13)22(26)27/h1-6,9-10,23H,7-8,11H2. The van der Waals surface area contributed by atoms with Crippen LogP contribution in [0.2, 0.25) is 0 Å². The van der Waals surface area contributed by atoms with Crippen molar-refractivity contribution in [1.29, 1.82) is 0 Å². The highest BCUT2D eigenvalue weighted by Gasteiger charge is 2.35. The van der Waals surface area contributed by atoms with E-state index in [1.54, 1.807) is 12.1 Å². The van der Waals surface area contributed by atoms with Crippen LogP contribution in [0.4, 0.5) is 10.5 Å². The van der Waals surface area contributed by atoms with Crippen molar-refractivity contribution < 1.29 is 19.6 Å². The van der Waals surface area contributed by atoms with Crippen molar-refractivity contribution >= 4 is 62.4 Å². The number of hydrogen-bond donors (Lipinski definition) is 1. The van der Waals surface area contributed by atoms with E-state index in [9.17, 15) is 19.7 Å². The van der Waals surface area contributed by atoms with Crippen LogP contribution in [-0.2, 0) is 11.3 Å². The maximum absolute atomic E-state index is 12.7. The number of nitrogens with zero attached hydrogens (tertiary/aromatic N) is 2. The second kappa shape index (κ2) is 9.57. The van der Waals surface area contributed by atoms with E-state index in [1.165, 1.54) is 23.9 Å². The molecule has 1 heterocycles. The minimum absolute atomic E-state index is 0.0882. The second-order valence-electron chi connectivity index (χ2n) is 5.95. The number of benzene rings is 2. The number of carbonyl (C=O) groups is 2. The van der Waals surface area contributed by atoms with Gasteiger partial charge in [-0.05, 0) is 47.2 Å². The Bertz CT molecular complexity index is 995. The van der Waals surface area contributed by atoms with E-state index in [2.05, 4.69) is 15.9 Å². The first-order chi connectivity index (χ1) is 13.9. The Morgan fingerprint density at radius 1 is 1.21 bits per heavy atom. The Morgan fingerprint density at radius 3 is 2.59 bits per heavy atom. The number of hydrogen-bond acceptors (Lipinski definition) is 7. The highest BCUT2D eigenvalue weighted by molar-refractivity contribution is 9.10. The molecule has 0 bridgehead atoms. The quantitative estimate of drug-likeness (QED) is 0.258. The van der Waals surface area contributed by atoms with E-state index in [0.29, 0.717) is 16.2 Å². The molecule has 0 spiro atoms. The van der Waals surface area contributed by atoms with Crippen molar-refractivity contribution in [3.8, 4) is 0 Å². The second-order valence-corrected chi connectivity index (χ2v) is 9.00. The average molecular weight is 495 g/mol. The van der Waals surface area contributed by atoms with Gasteiger partial charge < -0.3 is 5.11 Å². The van der Waals surface area contributed by atoms with Crippen LogP contribution in [0.15, 0.2) is 56.7 Å². The minimum atomic E-state index is -0.504. The van der Waals surface area contributed by atoms with Crippen LogP contribution in [0.5, 0.6) is 0 Å².